The van der Waals surface area contributed by atoms with E-state index in [1.165, 1.54) is 0 Å². The zero-order chi connectivity index (χ0) is 9.07. The maximum atomic E-state index is 10.9. The molecule has 0 radical (unpaired) electrons. The Labute approximate surface area is 67.7 Å². The summed E-state index contributed by atoms with van der Waals surface area (Å²) in [6.07, 6.45) is 0. The largest absolute Gasteiger partial charge is 0.341 e. The van der Waals surface area contributed by atoms with Gasteiger partial charge in [-0.25, -0.2) is 4.79 Å². The number of carbonyl (C=O) groups is 1. The van der Waals surface area contributed by atoms with Gasteiger partial charge in [-0.2, -0.15) is 0 Å². The Morgan fingerprint density at radius 3 is 2.36 bits per heavy atom. The Balaban J connectivity index is 3.87. The Kier molecular flexibility index (Phi) is 3.32. The van der Waals surface area contributed by atoms with Gasteiger partial charge in [0.25, 0.3) is 0 Å². The van der Waals surface area contributed by atoms with Crippen molar-refractivity contribution in [1.82, 2.24) is 10.2 Å². The third-order valence-electron chi connectivity index (χ3n) is 1.21. The Hall–Kier alpha value is -0.770. The van der Waals surface area contributed by atoms with Crippen LogP contribution >= 0.6 is 0 Å². The van der Waals surface area contributed by atoms with E-state index in [1.54, 1.807) is 19.0 Å². The SMILES string of the molecule is CNC(=O)N(C)CC(C)(C)N. The monoisotopic (exact) mass is 159 g/mol. The average molecular weight is 159 g/mol. The molecule has 0 unspecified atom stereocenters. The number of carbonyl (C=O) groups excluding carboxylic acids is 1. The van der Waals surface area contributed by atoms with Crippen LogP contribution in [-0.2, 0) is 0 Å². The molecule has 11 heavy (non-hydrogen) atoms. The minimum Gasteiger partial charge on any atom is -0.341 e. The highest BCUT2D eigenvalue weighted by molar-refractivity contribution is 5.73. The molecule has 2 amide bonds. The molecule has 66 valence electrons. The fraction of sp³-hybridized carbons (Fsp3) is 0.857. The molecule has 0 aromatic carbocycles. The van der Waals surface area contributed by atoms with Crippen molar-refractivity contribution in [3.8, 4) is 0 Å². The van der Waals surface area contributed by atoms with Crippen molar-refractivity contribution in [2.24, 2.45) is 5.73 Å². The second-order valence-electron chi connectivity index (χ2n) is 3.40. The lowest BCUT2D eigenvalue weighted by Crippen LogP contribution is -2.48. The van der Waals surface area contributed by atoms with Gasteiger partial charge in [-0.15, -0.1) is 0 Å². The van der Waals surface area contributed by atoms with E-state index in [9.17, 15) is 4.79 Å². The first kappa shape index (κ1) is 10.2. The second kappa shape index (κ2) is 3.57. The minimum absolute atomic E-state index is 0.108. The molecule has 4 heteroatoms. The van der Waals surface area contributed by atoms with E-state index < -0.39 is 0 Å². The molecule has 0 saturated heterocycles. The quantitative estimate of drug-likeness (QED) is 0.595. The van der Waals surface area contributed by atoms with Crippen LogP contribution in [0.4, 0.5) is 4.79 Å². The zero-order valence-electron chi connectivity index (χ0n) is 7.64. The van der Waals surface area contributed by atoms with Gasteiger partial charge in [0.05, 0.1) is 0 Å². The van der Waals surface area contributed by atoms with Crippen LogP contribution in [0.15, 0.2) is 0 Å². The van der Waals surface area contributed by atoms with Gasteiger partial charge >= 0.3 is 6.03 Å². The smallest absolute Gasteiger partial charge is 0.316 e. The van der Waals surface area contributed by atoms with E-state index in [-0.39, 0.29) is 11.6 Å². The van der Waals surface area contributed by atoms with E-state index in [1.807, 2.05) is 13.8 Å². The molecule has 0 fully saturated rings. The van der Waals surface area contributed by atoms with E-state index in [2.05, 4.69) is 5.32 Å². The van der Waals surface area contributed by atoms with Gasteiger partial charge in [-0.3, -0.25) is 0 Å². The number of nitrogens with zero attached hydrogens (tertiary/aromatic N) is 1. The maximum absolute atomic E-state index is 10.9. The van der Waals surface area contributed by atoms with Crippen LogP contribution in [0.25, 0.3) is 0 Å². The van der Waals surface area contributed by atoms with Gasteiger partial charge in [-0.1, -0.05) is 0 Å². The number of urea groups is 1. The van der Waals surface area contributed by atoms with Crippen molar-refractivity contribution in [3.63, 3.8) is 0 Å². The molecule has 0 aliphatic rings. The lowest BCUT2D eigenvalue weighted by Gasteiger charge is -2.25. The fourth-order valence-electron chi connectivity index (χ4n) is 0.874. The molecule has 0 spiro atoms. The van der Waals surface area contributed by atoms with Gasteiger partial charge in [0.15, 0.2) is 0 Å². The van der Waals surface area contributed by atoms with Gasteiger partial charge in [0, 0.05) is 26.2 Å². The summed E-state index contributed by atoms with van der Waals surface area (Å²) in [5.74, 6) is 0. The predicted molar refractivity (Wildman–Crippen MR) is 45.4 cm³/mol. The predicted octanol–water partition coefficient (Wildman–Crippen LogP) is -0.00510. The highest BCUT2D eigenvalue weighted by Crippen LogP contribution is 1.98. The molecule has 0 rings (SSSR count). The highest BCUT2D eigenvalue weighted by atomic mass is 16.2. The summed E-state index contributed by atoms with van der Waals surface area (Å²) < 4.78 is 0. The second-order valence-corrected chi connectivity index (χ2v) is 3.40. The molecule has 0 heterocycles. The topological polar surface area (TPSA) is 58.4 Å². The third-order valence-corrected chi connectivity index (χ3v) is 1.21. The highest BCUT2D eigenvalue weighted by Gasteiger charge is 2.16. The van der Waals surface area contributed by atoms with Crippen molar-refractivity contribution in [1.29, 1.82) is 0 Å². The van der Waals surface area contributed by atoms with Gasteiger partial charge < -0.3 is 16.0 Å². The van der Waals surface area contributed by atoms with Crippen LogP contribution in [0.1, 0.15) is 13.8 Å². The number of likely N-dealkylation sites (N-methyl/N-ethyl adjacent to an activating group) is 1. The lowest BCUT2D eigenvalue weighted by atomic mass is 10.1. The normalized spacial score (nSPS) is 11.0. The van der Waals surface area contributed by atoms with Crippen molar-refractivity contribution in [2.45, 2.75) is 19.4 Å². The third kappa shape index (κ3) is 4.61. The minimum atomic E-state index is -0.332. The van der Waals surface area contributed by atoms with Crippen molar-refractivity contribution in [2.75, 3.05) is 20.6 Å². The number of rotatable bonds is 2. The van der Waals surface area contributed by atoms with Crippen LogP contribution in [-0.4, -0.2) is 37.1 Å². The zero-order valence-corrected chi connectivity index (χ0v) is 7.64. The molecule has 4 nitrogen and oxygen atoms in total. The van der Waals surface area contributed by atoms with E-state index in [4.69, 9.17) is 5.73 Å². The Bertz CT molecular complexity index is 139. The summed E-state index contributed by atoms with van der Waals surface area (Å²) in [6, 6.07) is -0.108. The molecule has 0 atom stereocenters. The first-order valence-electron chi connectivity index (χ1n) is 3.58. The molecule has 0 saturated carbocycles. The average Bonchev–Trinajstić information content (AvgIpc) is 1.82. The standard InChI is InChI=1S/C7H17N3O/c1-7(2,8)5-10(4)6(11)9-3/h5,8H2,1-4H3,(H,9,11). The summed E-state index contributed by atoms with van der Waals surface area (Å²) in [4.78, 5) is 12.5. The maximum Gasteiger partial charge on any atom is 0.316 e. The first-order chi connectivity index (χ1) is 4.87. The molecule has 0 aromatic rings. The molecule has 0 aliphatic heterocycles. The number of hydrogen-bond donors (Lipinski definition) is 2. The van der Waals surface area contributed by atoms with Crippen molar-refractivity contribution < 1.29 is 4.79 Å². The summed E-state index contributed by atoms with van der Waals surface area (Å²) in [7, 11) is 3.32. The number of nitrogens with two attached hydrogens (primary N) is 1. The molecular weight excluding hydrogens is 142 g/mol. The lowest BCUT2D eigenvalue weighted by molar-refractivity contribution is 0.201. The van der Waals surface area contributed by atoms with Gasteiger partial charge in [-0.05, 0) is 13.8 Å². The summed E-state index contributed by atoms with van der Waals surface area (Å²) in [5, 5.41) is 2.52. The molecule has 0 aromatic heterocycles. The summed E-state index contributed by atoms with van der Waals surface area (Å²) >= 11 is 0. The fourth-order valence-corrected chi connectivity index (χ4v) is 0.874. The van der Waals surface area contributed by atoms with Crippen LogP contribution < -0.4 is 11.1 Å². The van der Waals surface area contributed by atoms with Gasteiger partial charge in [0.2, 0.25) is 0 Å². The van der Waals surface area contributed by atoms with Crippen LogP contribution in [0.5, 0.6) is 0 Å². The van der Waals surface area contributed by atoms with Crippen molar-refractivity contribution >= 4 is 6.03 Å². The summed E-state index contributed by atoms with van der Waals surface area (Å²) in [5.41, 5.74) is 5.38. The van der Waals surface area contributed by atoms with E-state index in [0.29, 0.717) is 6.54 Å². The van der Waals surface area contributed by atoms with Crippen molar-refractivity contribution in [3.05, 3.63) is 0 Å². The number of nitrogens with one attached hydrogen (secondary N) is 1. The van der Waals surface area contributed by atoms with Crippen LogP contribution in [0.3, 0.4) is 0 Å². The number of amides is 2. The van der Waals surface area contributed by atoms with Crippen LogP contribution in [0.2, 0.25) is 0 Å². The van der Waals surface area contributed by atoms with Gasteiger partial charge in [0.1, 0.15) is 0 Å². The number of hydrogen-bond acceptors (Lipinski definition) is 2. The molecule has 0 aliphatic carbocycles. The Morgan fingerprint density at radius 2 is 2.09 bits per heavy atom. The molecular formula is C7H17N3O. The van der Waals surface area contributed by atoms with E-state index >= 15 is 0 Å². The molecule has 0 bridgehead atoms. The molecule has 3 N–H and O–H groups in total. The Morgan fingerprint density at radius 1 is 1.64 bits per heavy atom. The van der Waals surface area contributed by atoms with E-state index in [0.717, 1.165) is 0 Å². The first-order valence-corrected chi connectivity index (χ1v) is 3.58. The summed E-state index contributed by atoms with van der Waals surface area (Å²) in [6.45, 7) is 4.31. The van der Waals surface area contributed by atoms with Crippen LogP contribution in [0, 0.1) is 0 Å².